The molecule has 0 aromatic carbocycles. The van der Waals surface area contributed by atoms with Crippen molar-refractivity contribution in [1.82, 2.24) is 15.0 Å². The molecule has 19 heavy (non-hydrogen) atoms. The van der Waals surface area contributed by atoms with Gasteiger partial charge in [0, 0.05) is 6.20 Å². The smallest absolute Gasteiger partial charge is 0.373 e. The largest absolute Gasteiger partial charge is 0.473 e. The van der Waals surface area contributed by atoms with Crippen LogP contribution in [0.3, 0.4) is 0 Å². The first-order valence-corrected chi connectivity index (χ1v) is 5.51. The molecule has 2 rings (SSSR count). The zero-order chi connectivity index (χ0) is 13.7. The van der Waals surface area contributed by atoms with Crippen molar-refractivity contribution in [2.24, 2.45) is 0 Å². The van der Waals surface area contributed by atoms with Crippen LogP contribution in [0.15, 0.2) is 30.9 Å². The Morgan fingerprint density at radius 2 is 2.32 bits per heavy atom. The van der Waals surface area contributed by atoms with E-state index in [4.69, 9.17) is 4.74 Å². The average molecular weight is 261 g/mol. The van der Waals surface area contributed by atoms with Crippen LogP contribution in [0.4, 0.5) is 17.2 Å². The van der Waals surface area contributed by atoms with Crippen LogP contribution in [0, 0.1) is 10.1 Å². The summed E-state index contributed by atoms with van der Waals surface area (Å²) in [6, 6.07) is 3.43. The summed E-state index contributed by atoms with van der Waals surface area (Å²) in [7, 11) is 0. The van der Waals surface area contributed by atoms with Gasteiger partial charge in [0.15, 0.2) is 0 Å². The molecule has 2 heterocycles. The number of hydrogen-bond donors (Lipinski definition) is 1. The topological polar surface area (TPSA) is 103 Å². The van der Waals surface area contributed by atoms with Crippen LogP contribution in [0.2, 0.25) is 0 Å². The monoisotopic (exact) mass is 261 g/mol. The van der Waals surface area contributed by atoms with E-state index in [1.807, 2.05) is 0 Å². The lowest BCUT2D eigenvalue weighted by molar-refractivity contribution is -0.385. The van der Waals surface area contributed by atoms with Crippen molar-refractivity contribution in [2.45, 2.75) is 6.92 Å². The molecule has 8 nitrogen and oxygen atoms in total. The minimum Gasteiger partial charge on any atom is -0.473 e. The van der Waals surface area contributed by atoms with E-state index in [2.05, 4.69) is 20.3 Å². The van der Waals surface area contributed by atoms with Crippen molar-refractivity contribution in [3.05, 3.63) is 41.0 Å². The van der Waals surface area contributed by atoms with Gasteiger partial charge in [-0.1, -0.05) is 0 Å². The second-order valence-corrected chi connectivity index (χ2v) is 3.43. The predicted octanol–water partition coefficient (Wildman–Crippen LogP) is 1.92. The van der Waals surface area contributed by atoms with E-state index in [1.165, 1.54) is 12.5 Å². The van der Waals surface area contributed by atoms with Gasteiger partial charge in [-0.2, -0.15) is 4.98 Å². The summed E-state index contributed by atoms with van der Waals surface area (Å²) in [5.41, 5.74) is 0.292. The van der Waals surface area contributed by atoms with Crippen LogP contribution in [-0.4, -0.2) is 26.5 Å². The van der Waals surface area contributed by atoms with Crippen molar-refractivity contribution in [3.63, 3.8) is 0 Å². The maximum absolute atomic E-state index is 11.1. The third kappa shape index (κ3) is 2.92. The molecule has 0 bridgehead atoms. The van der Waals surface area contributed by atoms with Gasteiger partial charge in [0.05, 0.1) is 23.4 Å². The molecule has 0 saturated carbocycles. The van der Waals surface area contributed by atoms with Crippen molar-refractivity contribution in [3.8, 4) is 5.88 Å². The number of anilines is 2. The summed E-state index contributed by atoms with van der Waals surface area (Å²) < 4.78 is 5.13. The zero-order valence-corrected chi connectivity index (χ0v) is 10.1. The van der Waals surface area contributed by atoms with Crippen molar-refractivity contribution in [2.75, 3.05) is 11.9 Å². The Morgan fingerprint density at radius 3 is 2.95 bits per heavy atom. The summed E-state index contributed by atoms with van der Waals surface area (Å²) in [6.07, 6.45) is 4.34. The summed E-state index contributed by atoms with van der Waals surface area (Å²) >= 11 is 0. The lowest BCUT2D eigenvalue weighted by Gasteiger charge is -2.07. The highest BCUT2D eigenvalue weighted by Gasteiger charge is 2.24. The molecule has 0 saturated heterocycles. The summed E-state index contributed by atoms with van der Waals surface area (Å²) in [4.78, 5) is 22.1. The molecule has 8 heteroatoms. The van der Waals surface area contributed by atoms with Crippen molar-refractivity contribution in [1.29, 1.82) is 0 Å². The fraction of sp³-hybridized carbons (Fsp3) is 0.182. The Hall–Kier alpha value is -2.77. The van der Waals surface area contributed by atoms with Crippen LogP contribution in [0.1, 0.15) is 6.92 Å². The van der Waals surface area contributed by atoms with Gasteiger partial charge in [0.1, 0.15) is 6.33 Å². The first kappa shape index (κ1) is 12.7. The molecule has 2 aromatic heterocycles. The Bertz CT molecular complexity index is 576. The predicted molar refractivity (Wildman–Crippen MR) is 67.4 cm³/mol. The average Bonchev–Trinajstić information content (AvgIpc) is 2.40. The number of aromatic nitrogens is 3. The van der Waals surface area contributed by atoms with Crippen LogP contribution >= 0.6 is 0 Å². The van der Waals surface area contributed by atoms with Crippen molar-refractivity contribution < 1.29 is 9.66 Å². The Balaban J connectivity index is 2.39. The number of ether oxygens (including phenoxy) is 1. The van der Waals surface area contributed by atoms with Gasteiger partial charge in [-0.05, 0) is 19.1 Å². The van der Waals surface area contributed by atoms with Gasteiger partial charge < -0.3 is 10.1 Å². The number of nitrogens with one attached hydrogen (secondary N) is 1. The third-order valence-electron chi connectivity index (χ3n) is 2.18. The van der Waals surface area contributed by atoms with Crippen LogP contribution < -0.4 is 10.1 Å². The van der Waals surface area contributed by atoms with Crippen LogP contribution in [0.5, 0.6) is 5.88 Å². The molecule has 0 unspecified atom stereocenters. The first-order valence-electron chi connectivity index (χ1n) is 5.51. The standard InChI is InChI=1S/C11H11N5O3/c1-2-19-11-9(16(17)18)10(13-7-14-11)15-8-4-3-5-12-6-8/h3-7H,2H2,1H3,(H,13,14,15). The molecule has 0 aliphatic heterocycles. The molecule has 2 aromatic rings. The molecule has 0 spiro atoms. The highest BCUT2D eigenvalue weighted by molar-refractivity contribution is 5.67. The van der Waals surface area contributed by atoms with Gasteiger partial charge in [-0.15, -0.1) is 0 Å². The Kier molecular flexibility index (Phi) is 3.81. The lowest BCUT2D eigenvalue weighted by Crippen LogP contribution is -2.05. The molecule has 0 fully saturated rings. The van der Waals surface area contributed by atoms with E-state index in [0.717, 1.165) is 0 Å². The maximum atomic E-state index is 11.1. The number of rotatable bonds is 5. The number of nitro groups is 1. The molecule has 0 radical (unpaired) electrons. The second-order valence-electron chi connectivity index (χ2n) is 3.43. The molecule has 98 valence electrons. The molecule has 1 N–H and O–H groups in total. The van der Waals surface area contributed by atoms with E-state index in [0.29, 0.717) is 5.69 Å². The summed E-state index contributed by atoms with van der Waals surface area (Å²) in [5, 5.41) is 13.9. The Labute approximate surface area is 108 Å². The van der Waals surface area contributed by atoms with E-state index in [1.54, 1.807) is 25.3 Å². The van der Waals surface area contributed by atoms with E-state index >= 15 is 0 Å². The van der Waals surface area contributed by atoms with Gasteiger partial charge >= 0.3 is 5.69 Å². The van der Waals surface area contributed by atoms with E-state index in [-0.39, 0.29) is 24.0 Å². The minimum atomic E-state index is -0.580. The molecule has 0 aliphatic rings. The number of nitrogens with zero attached hydrogens (tertiary/aromatic N) is 4. The van der Waals surface area contributed by atoms with Crippen LogP contribution in [-0.2, 0) is 0 Å². The van der Waals surface area contributed by atoms with E-state index in [9.17, 15) is 10.1 Å². The van der Waals surface area contributed by atoms with Gasteiger partial charge in [0.2, 0.25) is 5.82 Å². The second kappa shape index (κ2) is 5.71. The minimum absolute atomic E-state index is 0.0612. The van der Waals surface area contributed by atoms with Crippen LogP contribution in [0.25, 0.3) is 0 Å². The number of hydrogen-bond acceptors (Lipinski definition) is 7. The summed E-state index contributed by atoms with van der Waals surface area (Å²) in [5.74, 6) is 0.00494. The fourth-order valence-corrected chi connectivity index (χ4v) is 1.43. The Morgan fingerprint density at radius 1 is 1.47 bits per heavy atom. The number of pyridine rings is 1. The quantitative estimate of drug-likeness (QED) is 0.647. The first-order chi connectivity index (χ1) is 9.22. The van der Waals surface area contributed by atoms with Gasteiger partial charge in [0.25, 0.3) is 5.88 Å². The lowest BCUT2D eigenvalue weighted by atomic mass is 10.4. The maximum Gasteiger partial charge on any atom is 0.373 e. The highest BCUT2D eigenvalue weighted by atomic mass is 16.6. The molecular weight excluding hydrogens is 250 g/mol. The molecule has 0 aliphatic carbocycles. The molecule has 0 amide bonds. The summed E-state index contributed by atoms with van der Waals surface area (Å²) in [6.45, 7) is 2.00. The van der Waals surface area contributed by atoms with Gasteiger partial charge in [-0.25, -0.2) is 4.98 Å². The fourth-order valence-electron chi connectivity index (χ4n) is 1.43. The van der Waals surface area contributed by atoms with Gasteiger partial charge in [-0.3, -0.25) is 15.1 Å². The third-order valence-corrected chi connectivity index (χ3v) is 2.18. The highest BCUT2D eigenvalue weighted by Crippen LogP contribution is 2.32. The normalized spacial score (nSPS) is 9.95. The SMILES string of the molecule is CCOc1ncnc(Nc2cccnc2)c1[N+](=O)[O-]. The molecule has 0 atom stereocenters. The zero-order valence-electron chi connectivity index (χ0n) is 10.1. The van der Waals surface area contributed by atoms with E-state index < -0.39 is 4.92 Å². The van der Waals surface area contributed by atoms with Crippen molar-refractivity contribution >= 4 is 17.2 Å². The molecular formula is C11H11N5O3.